The van der Waals surface area contributed by atoms with Crippen LogP contribution in [0.15, 0.2) is 24.4 Å². The minimum Gasteiger partial charge on any atom is -0.454 e. The van der Waals surface area contributed by atoms with Crippen LogP contribution >= 0.6 is 15.9 Å². The van der Waals surface area contributed by atoms with Crippen molar-refractivity contribution in [3.63, 3.8) is 0 Å². The van der Waals surface area contributed by atoms with Crippen LogP contribution in [0.4, 0.5) is 5.82 Å². The average Bonchev–Trinajstić information content (AvgIpc) is 2.89. The molecule has 0 amide bonds. The van der Waals surface area contributed by atoms with E-state index in [1.165, 1.54) is 12.8 Å². The van der Waals surface area contributed by atoms with E-state index in [-0.39, 0.29) is 0 Å². The van der Waals surface area contributed by atoms with Gasteiger partial charge in [-0.3, -0.25) is 0 Å². The second kappa shape index (κ2) is 5.05. The fraction of sp³-hybridized carbons (Fsp3) is 0.438. The van der Waals surface area contributed by atoms with Gasteiger partial charge in [-0.25, -0.2) is 4.98 Å². The molecule has 4 rings (SSSR count). The van der Waals surface area contributed by atoms with Gasteiger partial charge in [0.05, 0.1) is 0 Å². The van der Waals surface area contributed by atoms with Crippen molar-refractivity contribution < 1.29 is 9.47 Å². The van der Waals surface area contributed by atoms with E-state index in [9.17, 15) is 0 Å². The molecule has 0 bridgehead atoms. The molecule has 0 spiro atoms. The number of anilines is 1. The molecule has 0 radical (unpaired) electrons. The summed E-state index contributed by atoms with van der Waals surface area (Å²) in [5, 5.41) is 2.27. The predicted molar refractivity (Wildman–Crippen MR) is 86.6 cm³/mol. The first-order valence-corrected chi connectivity index (χ1v) is 8.16. The van der Waals surface area contributed by atoms with Crippen LogP contribution < -0.4 is 14.4 Å². The molecule has 1 aliphatic heterocycles. The molecule has 1 fully saturated rings. The van der Waals surface area contributed by atoms with Crippen LogP contribution in [0.3, 0.4) is 0 Å². The van der Waals surface area contributed by atoms with Gasteiger partial charge in [-0.1, -0.05) is 15.9 Å². The van der Waals surface area contributed by atoms with Crippen LogP contribution in [0.5, 0.6) is 11.5 Å². The van der Waals surface area contributed by atoms with Crippen molar-refractivity contribution in [3.8, 4) is 11.5 Å². The third-order valence-electron chi connectivity index (χ3n) is 4.31. The lowest BCUT2D eigenvalue weighted by atomic mass is 9.85. The molecule has 2 heterocycles. The predicted octanol–water partition coefficient (Wildman–Crippen LogP) is 3.57. The van der Waals surface area contributed by atoms with Crippen molar-refractivity contribution in [1.82, 2.24) is 4.98 Å². The first kappa shape index (κ1) is 13.2. The second-order valence-electron chi connectivity index (χ2n) is 5.88. The topological polar surface area (TPSA) is 34.6 Å². The van der Waals surface area contributed by atoms with Crippen molar-refractivity contribution in [1.29, 1.82) is 0 Å². The molecule has 0 unspecified atom stereocenters. The average molecular weight is 349 g/mol. The Hall–Kier alpha value is -1.49. The number of benzene rings is 1. The highest BCUT2D eigenvalue weighted by Crippen LogP contribution is 2.39. The Morgan fingerprint density at radius 1 is 1.29 bits per heavy atom. The van der Waals surface area contributed by atoms with E-state index < -0.39 is 0 Å². The van der Waals surface area contributed by atoms with E-state index in [1.54, 1.807) is 0 Å². The lowest BCUT2D eigenvalue weighted by Gasteiger charge is -2.35. The van der Waals surface area contributed by atoms with Gasteiger partial charge in [0.1, 0.15) is 5.82 Å². The summed E-state index contributed by atoms with van der Waals surface area (Å²) >= 11 is 3.66. The SMILES string of the molecule is CN(CC1CC(Br)C1)c1nccc2cc3c(cc12)OCO3. The molecule has 5 heteroatoms. The standard InChI is InChI=1S/C16H17BrN2O2/c1-19(8-10-4-12(17)5-10)16-13-7-15-14(20-9-21-15)6-11(13)2-3-18-16/h2-3,6-7,10,12H,4-5,8-9H2,1H3. The quantitative estimate of drug-likeness (QED) is 0.794. The minimum atomic E-state index is 0.305. The monoisotopic (exact) mass is 348 g/mol. The summed E-state index contributed by atoms with van der Waals surface area (Å²) in [6.45, 7) is 1.35. The van der Waals surface area contributed by atoms with Crippen molar-refractivity contribution >= 4 is 32.5 Å². The normalized spacial score (nSPS) is 23.1. The minimum absolute atomic E-state index is 0.305. The molecule has 0 saturated heterocycles. The number of nitrogens with zero attached hydrogens (tertiary/aromatic N) is 2. The fourth-order valence-corrected chi connectivity index (χ4v) is 4.19. The van der Waals surface area contributed by atoms with Crippen molar-refractivity contribution in [3.05, 3.63) is 24.4 Å². The van der Waals surface area contributed by atoms with Gasteiger partial charge in [0.25, 0.3) is 0 Å². The van der Waals surface area contributed by atoms with Gasteiger partial charge in [0, 0.05) is 30.0 Å². The molecule has 110 valence electrons. The maximum Gasteiger partial charge on any atom is 0.231 e. The molecule has 0 atom stereocenters. The van der Waals surface area contributed by atoms with E-state index in [2.05, 4.69) is 32.9 Å². The molecule has 2 aromatic rings. The maximum atomic E-state index is 5.49. The van der Waals surface area contributed by atoms with E-state index in [0.717, 1.165) is 40.6 Å². The van der Waals surface area contributed by atoms with Crippen molar-refractivity contribution in [2.45, 2.75) is 17.7 Å². The number of pyridine rings is 1. The summed E-state index contributed by atoms with van der Waals surface area (Å²) in [5.74, 6) is 3.41. The van der Waals surface area contributed by atoms with Gasteiger partial charge < -0.3 is 14.4 Å². The number of hydrogen-bond donors (Lipinski definition) is 0. The molecular weight excluding hydrogens is 332 g/mol. The van der Waals surface area contributed by atoms with Gasteiger partial charge in [0.15, 0.2) is 11.5 Å². The third kappa shape index (κ3) is 2.33. The molecule has 1 aliphatic carbocycles. The Kier molecular flexibility index (Phi) is 3.17. The third-order valence-corrected chi connectivity index (χ3v) is 5.06. The summed E-state index contributed by atoms with van der Waals surface area (Å²) in [6.07, 6.45) is 4.37. The Morgan fingerprint density at radius 3 is 2.81 bits per heavy atom. The lowest BCUT2D eigenvalue weighted by Crippen LogP contribution is -2.35. The number of halogens is 1. The second-order valence-corrected chi connectivity index (χ2v) is 7.17. The van der Waals surface area contributed by atoms with E-state index in [0.29, 0.717) is 11.6 Å². The molecule has 4 nitrogen and oxygen atoms in total. The molecule has 2 aliphatic rings. The summed E-state index contributed by atoms with van der Waals surface area (Å²) < 4.78 is 10.9. The van der Waals surface area contributed by atoms with Crippen LogP contribution in [-0.4, -0.2) is 30.2 Å². The van der Waals surface area contributed by atoms with Crippen molar-refractivity contribution in [2.75, 3.05) is 25.3 Å². The van der Waals surface area contributed by atoms with Crippen LogP contribution in [-0.2, 0) is 0 Å². The first-order valence-electron chi connectivity index (χ1n) is 7.24. The van der Waals surface area contributed by atoms with Crippen LogP contribution in [0.2, 0.25) is 0 Å². The smallest absolute Gasteiger partial charge is 0.231 e. The number of aromatic nitrogens is 1. The largest absolute Gasteiger partial charge is 0.454 e. The van der Waals surface area contributed by atoms with Gasteiger partial charge >= 0.3 is 0 Å². The van der Waals surface area contributed by atoms with Crippen LogP contribution in [0, 0.1) is 5.92 Å². The van der Waals surface area contributed by atoms with Gasteiger partial charge in [-0.2, -0.15) is 0 Å². The van der Waals surface area contributed by atoms with Crippen molar-refractivity contribution in [2.24, 2.45) is 5.92 Å². The summed E-state index contributed by atoms with van der Waals surface area (Å²) in [7, 11) is 2.12. The molecule has 1 saturated carbocycles. The summed E-state index contributed by atoms with van der Waals surface area (Å²) in [4.78, 5) is 7.54. The molecule has 0 N–H and O–H groups in total. The highest BCUT2D eigenvalue weighted by Gasteiger charge is 2.28. The zero-order valence-corrected chi connectivity index (χ0v) is 13.5. The zero-order chi connectivity index (χ0) is 14.4. The number of fused-ring (bicyclic) bond motifs is 2. The molecular formula is C16H17BrN2O2. The Labute approximate surface area is 132 Å². The van der Waals surface area contributed by atoms with Gasteiger partial charge in [-0.05, 0) is 42.3 Å². The Balaban J connectivity index is 1.67. The zero-order valence-electron chi connectivity index (χ0n) is 11.9. The van der Waals surface area contributed by atoms with Crippen LogP contribution in [0.1, 0.15) is 12.8 Å². The molecule has 1 aromatic heterocycles. The van der Waals surface area contributed by atoms with Gasteiger partial charge in [0.2, 0.25) is 6.79 Å². The van der Waals surface area contributed by atoms with Crippen LogP contribution in [0.25, 0.3) is 10.8 Å². The maximum absolute atomic E-state index is 5.49. The number of rotatable bonds is 3. The highest BCUT2D eigenvalue weighted by molar-refractivity contribution is 9.09. The summed E-state index contributed by atoms with van der Waals surface area (Å²) in [6, 6.07) is 6.10. The summed E-state index contributed by atoms with van der Waals surface area (Å²) in [5.41, 5.74) is 0. The first-order chi connectivity index (χ1) is 10.2. The number of ether oxygens (including phenoxy) is 2. The number of alkyl halides is 1. The fourth-order valence-electron chi connectivity index (χ4n) is 3.13. The molecule has 21 heavy (non-hydrogen) atoms. The highest BCUT2D eigenvalue weighted by atomic mass is 79.9. The Morgan fingerprint density at radius 2 is 2.05 bits per heavy atom. The lowest BCUT2D eigenvalue weighted by molar-refractivity contribution is 0.174. The number of hydrogen-bond acceptors (Lipinski definition) is 4. The van der Waals surface area contributed by atoms with E-state index in [1.807, 2.05) is 24.4 Å². The van der Waals surface area contributed by atoms with E-state index >= 15 is 0 Å². The van der Waals surface area contributed by atoms with Gasteiger partial charge in [-0.15, -0.1) is 0 Å². The Bertz CT molecular complexity index is 685. The van der Waals surface area contributed by atoms with E-state index in [4.69, 9.17) is 9.47 Å². The molecule has 1 aromatic carbocycles.